The molecule has 114 valence electrons. The topological polar surface area (TPSA) is 113 Å². The highest BCUT2D eigenvalue weighted by molar-refractivity contribution is 7.89. The maximum Gasteiger partial charge on any atom is 0.307 e. The Bertz CT molecular complexity index is 726. The summed E-state index contributed by atoms with van der Waals surface area (Å²) in [5.41, 5.74) is -1.61. The molecular weight excluding hydrogens is 341 g/mol. The van der Waals surface area contributed by atoms with Crippen LogP contribution in [-0.2, 0) is 10.0 Å². The highest BCUT2D eigenvalue weighted by Gasteiger charge is 2.29. The number of rotatable bonds is 5. The smallest absolute Gasteiger partial charge is 0.258 e. The molecule has 0 unspecified atom stereocenters. The molecule has 0 aliphatic heterocycles. The van der Waals surface area contributed by atoms with Gasteiger partial charge in [-0.3, -0.25) is 10.1 Å². The Kier molecular flexibility index (Phi) is 5.17. The summed E-state index contributed by atoms with van der Waals surface area (Å²) in [5, 5.41) is 18.9. The van der Waals surface area contributed by atoms with Gasteiger partial charge >= 0.3 is 5.69 Å². The van der Waals surface area contributed by atoms with Gasteiger partial charge in [0, 0.05) is 6.54 Å². The van der Waals surface area contributed by atoms with Gasteiger partial charge in [-0.25, -0.2) is 13.1 Å². The first-order valence-corrected chi connectivity index (χ1v) is 7.79. The fraction of sp³-hybridized carbons (Fsp3) is 0.364. The number of hydrogen-bond acceptors (Lipinski definition) is 5. The van der Waals surface area contributed by atoms with E-state index in [0.29, 0.717) is 0 Å². The average molecular weight is 352 g/mol. The van der Waals surface area contributed by atoms with Crippen LogP contribution in [0, 0.1) is 26.9 Å². The van der Waals surface area contributed by atoms with E-state index in [1.54, 1.807) is 13.8 Å². The lowest BCUT2D eigenvalue weighted by molar-refractivity contribution is -0.384. The number of nitriles is 1. The second-order valence-corrected chi connectivity index (χ2v) is 7.31. The summed E-state index contributed by atoms with van der Waals surface area (Å²) in [5.74, 6) is 0. The summed E-state index contributed by atoms with van der Waals surface area (Å²) < 4.78 is 26.5. The van der Waals surface area contributed by atoms with Crippen LogP contribution in [0.5, 0.6) is 0 Å². The van der Waals surface area contributed by atoms with Crippen molar-refractivity contribution < 1.29 is 13.3 Å². The number of nitrogens with zero attached hydrogens (tertiary/aromatic N) is 2. The number of sulfonamides is 1. The zero-order valence-electron chi connectivity index (χ0n) is 11.1. The third-order valence-corrected chi connectivity index (χ3v) is 4.75. The van der Waals surface area contributed by atoms with Gasteiger partial charge in [0.05, 0.1) is 16.4 Å². The molecule has 0 atom stereocenters. The Morgan fingerprint density at radius 1 is 1.43 bits per heavy atom. The molecule has 0 saturated heterocycles. The van der Waals surface area contributed by atoms with Gasteiger partial charge in [-0.05, 0) is 26.0 Å². The van der Waals surface area contributed by atoms with Gasteiger partial charge in [0.2, 0.25) is 10.0 Å². The molecule has 1 aromatic carbocycles. The molecule has 0 radical (unpaired) electrons. The van der Waals surface area contributed by atoms with Gasteiger partial charge in [0.25, 0.3) is 0 Å². The fourth-order valence-electron chi connectivity index (χ4n) is 1.29. The van der Waals surface area contributed by atoms with E-state index >= 15 is 0 Å². The van der Waals surface area contributed by atoms with E-state index in [9.17, 15) is 18.5 Å². The number of benzene rings is 1. The average Bonchev–Trinajstić information content (AvgIpc) is 2.36. The third kappa shape index (κ3) is 4.04. The van der Waals surface area contributed by atoms with Gasteiger partial charge in [-0.15, -0.1) is 0 Å². The minimum Gasteiger partial charge on any atom is -0.258 e. The van der Waals surface area contributed by atoms with Crippen LogP contribution < -0.4 is 4.72 Å². The zero-order valence-corrected chi connectivity index (χ0v) is 13.4. The van der Waals surface area contributed by atoms with Crippen molar-refractivity contribution in [1.29, 1.82) is 5.26 Å². The minimum absolute atomic E-state index is 0.168. The number of nitro benzene ring substituents is 1. The lowest BCUT2D eigenvalue weighted by Gasteiger charge is -2.16. The number of hydrogen-bond donors (Lipinski definition) is 1. The maximum absolute atomic E-state index is 12.1. The lowest BCUT2D eigenvalue weighted by Crippen LogP contribution is -2.33. The van der Waals surface area contributed by atoms with E-state index < -0.39 is 36.0 Å². The molecular formula is C11H11Cl2N3O4S. The van der Waals surface area contributed by atoms with E-state index in [1.165, 1.54) is 0 Å². The van der Waals surface area contributed by atoms with Gasteiger partial charge in [-0.1, -0.05) is 23.2 Å². The molecule has 0 saturated carbocycles. The molecule has 0 aromatic heterocycles. The molecule has 0 aliphatic rings. The van der Waals surface area contributed by atoms with Crippen LogP contribution in [0.3, 0.4) is 0 Å². The molecule has 1 N–H and O–H groups in total. The van der Waals surface area contributed by atoms with Crippen LogP contribution in [0.25, 0.3) is 0 Å². The number of halogens is 2. The normalized spacial score (nSPS) is 12.0. The van der Waals surface area contributed by atoms with Gasteiger partial charge in [0.1, 0.15) is 14.9 Å². The van der Waals surface area contributed by atoms with Crippen LogP contribution in [-0.4, -0.2) is 19.9 Å². The molecule has 0 aliphatic carbocycles. The summed E-state index contributed by atoms with van der Waals surface area (Å²) in [7, 11) is -4.10. The largest absolute Gasteiger partial charge is 0.307 e. The van der Waals surface area contributed by atoms with Crippen molar-refractivity contribution in [1.82, 2.24) is 4.72 Å². The van der Waals surface area contributed by atoms with Crippen molar-refractivity contribution >= 4 is 38.9 Å². The van der Waals surface area contributed by atoms with Gasteiger partial charge in [0.15, 0.2) is 0 Å². The molecule has 7 nitrogen and oxygen atoms in total. The second kappa shape index (κ2) is 6.15. The van der Waals surface area contributed by atoms with E-state index in [2.05, 4.69) is 4.72 Å². The summed E-state index contributed by atoms with van der Waals surface area (Å²) in [6, 6.07) is 4.08. The molecule has 0 bridgehead atoms. The van der Waals surface area contributed by atoms with Gasteiger partial charge < -0.3 is 0 Å². The SMILES string of the molecule is CC(C)(C#N)CNS(=O)(=O)c1ccc(Cl)c([N+](=O)[O-])c1Cl. The Balaban J connectivity index is 3.26. The summed E-state index contributed by atoms with van der Waals surface area (Å²) in [6.07, 6.45) is 0. The Morgan fingerprint density at radius 2 is 2.00 bits per heavy atom. The summed E-state index contributed by atoms with van der Waals surface area (Å²) in [6.45, 7) is 2.92. The molecule has 1 rings (SSSR count). The maximum atomic E-state index is 12.1. The number of nitro groups is 1. The van der Waals surface area contributed by atoms with Crippen molar-refractivity contribution in [3.05, 3.63) is 32.3 Å². The van der Waals surface area contributed by atoms with E-state index in [-0.39, 0.29) is 11.6 Å². The molecule has 0 fully saturated rings. The van der Waals surface area contributed by atoms with Gasteiger partial charge in [-0.2, -0.15) is 5.26 Å². The van der Waals surface area contributed by atoms with Crippen LogP contribution >= 0.6 is 23.2 Å². The quantitative estimate of drug-likeness (QED) is 0.647. The van der Waals surface area contributed by atoms with Crippen molar-refractivity contribution in [3.8, 4) is 6.07 Å². The second-order valence-electron chi connectivity index (χ2n) is 4.79. The third-order valence-electron chi connectivity index (χ3n) is 2.51. The highest BCUT2D eigenvalue weighted by Crippen LogP contribution is 2.37. The Labute approximate surface area is 131 Å². The summed E-state index contributed by atoms with van der Waals surface area (Å²) in [4.78, 5) is 9.54. The standard InChI is InChI=1S/C11H11Cl2N3O4S/c1-11(2,5-14)6-15-21(19,20)8-4-3-7(12)10(9(8)13)16(17)18/h3-4,15H,6H2,1-2H3. The van der Waals surface area contributed by atoms with E-state index in [1.807, 2.05) is 6.07 Å². The first-order chi connectivity index (χ1) is 9.52. The van der Waals surface area contributed by atoms with Crippen molar-refractivity contribution in [2.75, 3.05) is 6.54 Å². The first-order valence-electron chi connectivity index (χ1n) is 5.55. The predicted molar refractivity (Wildman–Crippen MR) is 77.7 cm³/mol. The van der Waals surface area contributed by atoms with Crippen molar-refractivity contribution in [2.24, 2.45) is 5.41 Å². The van der Waals surface area contributed by atoms with E-state index in [0.717, 1.165) is 12.1 Å². The van der Waals surface area contributed by atoms with Crippen LogP contribution in [0.2, 0.25) is 10.0 Å². The molecule has 21 heavy (non-hydrogen) atoms. The van der Waals surface area contributed by atoms with Crippen molar-refractivity contribution in [2.45, 2.75) is 18.7 Å². The molecule has 0 amide bonds. The summed E-state index contributed by atoms with van der Waals surface area (Å²) >= 11 is 11.4. The fourth-order valence-corrected chi connectivity index (χ4v) is 3.39. The van der Waals surface area contributed by atoms with Crippen molar-refractivity contribution in [3.63, 3.8) is 0 Å². The molecule has 1 aromatic rings. The van der Waals surface area contributed by atoms with Crippen LogP contribution in [0.15, 0.2) is 17.0 Å². The molecule has 0 heterocycles. The predicted octanol–water partition coefficient (Wildman–Crippen LogP) is 2.73. The Hall–Kier alpha value is -1.40. The molecule has 0 spiro atoms. The minimum atomic E-state index is -4.10. The highest BCUT2D eigenvalue weighted by atomic mass is 35.5. The first kappa shape index (κ1) is 17.7. The monoisotopic (exact) mass is 351 g/mol. The van der Waals surface area contributed by atoms with E-state index in [4.69, 9.17) is 28.5 Å². The number of nitrogens with one attached hydrogen (secondary N) is 1. The van der Waals surface area contributed by atoms with Crippen LogP contribution in [0.1, 0.15) is 13.8 Å². The Morgan fingerprint density at radius 3 is 2.48 bits per heavy atom. The van der Waals surface area contributed by atoms with Crippen LogP contribution in [0.4, 0.5) is 5.69 Å². The zero-order chi connectivity index (χ0) is 16.4. The molecule has 10 heteroatoms. The lowest BCUT2D eigenvalue weighted by atomic mass is 9.97.